The fourth-order valence-electron chi connectivity index (χ4n) is 0.593. The quantitative estimate of drug-likeness (QED) is 0.744. The molecule has 0 fully saturated rings. The van der Waals surface area contributed by atoms with Crippen LogP contribution in [-0.2, 0) is 0 Å². The maximum absolute atomic E-state index is 12.5. The normalized spacial score (nSPS) is 9.90. The van der Waals surface area contributed by atoms with Crippen LogP contribution in [0.5, 0.6) is 0 Å². The Hall–Kier alpha value is -0.410. The number of halogens is 2. The standard InChI is InChI=1S/C7H5BrFO/c8-6-3-5(4-10)1-2-7(6)9/h1-4,10H. The second-order valence-corrected chi connectivity index (χ2v) is 2.66. The van der Waals surface area contributed by atoms with Crippen molar-refractivity contribution in [2.45, 2.75) is 0 Å². The van der Waals surface area contributed by atoms with Crippen LogP contribution in [0.25, 0.3) is 0 Å². The summed E-state index contributed by atoms with van der Waals surface area (Å²) in [5.74, 6) is -0.328. The van der Waals surface area contributed by atoms with E-state index in [2.05, 4.69) is 15.9 Å². The third-order valence-electron chi connectivity index (χ3n) is 1.09. The Morgan fingerprint density at radius 1 is 1.50 bits per heavy atom. The number of aliphatic hydroxyl groups excluding tert-OH is 1. The maximum Gasteiger partial charge on any atom is 0.137 e. The van der Waals surface area contributed by atoms with Crippen LogP contribution in [0.15, 0.2) is 22.7 Å². The minimum Gasteiger partial charge on any atom is -0.385 e. The van der Waals surface area contributed by atoms with Gasteiger partial charge in [0, 0.05) is 0 Å². The molecule has 0 unspecified atom stereocenters. The molecule has 1 rings (SSSR count). The molecule has 53 valence electrons. The molecule has 1 aromatic rings. The van der Waals surface area contributed by atoms with Crippen LogP contribution in [-0.4, -0.2) is 5.11 Å². The zero-order chi connectivity index (χ0) is 7.56. The SMILES string of the molecule is O[CH]c1ccc(F)c(Br)c1. The van der Waals surface area contributed by atoms with Crippen LogP contribution >= 0.6 is 15.9 Å². The average Bonchev–Trinajstić information content (AvgIpc) is 1.95. The van der Waals surface area contributed by atoms with Crippen molar-refractivity contribution in [1.29, 1.82) is 0 Å². The van der Waals surface area contributed by atoms with E-state index in [0.717, 1.165) is 6.61 Å². The number of hydrogen-bond donors (Lipinski definition) is 1. The summed E-state index contributed by atoms with van der Waals surface area (Å²) in [4.78, 5) is 0. The summed E-state index contributed by atoms with van der Waals surface area (Å²) >= 11 is 2.98. The van der Waals surface area contributed by atoms with Gasteiger partial charge in [-0.3, -0.25) is 0 Å². The third kappa shape index (κ3) is 1.55. The van der Waals surface area contributed by atoms with E-state index in [1.54, 1.807) is 0 Å². The Morgan fingerprint density at radius 3 is 2.70 bits per heavy atom. The number of rotatable bonds is 1. The van der Waals surface area contributed by atoms with E-state index in [4.69, 9.17) is 5.11 Å². The summed E-state index contributed by atoms with van der Waals surface area (Å²) in [6.45, 7) is 0.921. The van der Waals surface area contributed by atoms with Crippen molar-refractivity contribution in [1.82, 2.24) is 0 Å². The highest BCUT2D eigenvalue weighted by molar-refractivity contribution is 9.10. The molecule has 1 N–H and O–H groups in total. The molecular weight excluding hydrogens is 199 g/mol. The molecule has 0 aliphatic carbocycles. The fourth-order valence-corrected chi connectivity index (χ4v) is 0.989. The Labute approximate surface area is 66.6 Å². The highest BCUT2D eigenvalue weighted by Gasteiger charge is 1.98. The Bertz CT molecular complexity index is 237. The first-order chi connectivity index (χ1) is 4.74. The van der Waals surface area contributed by atoms with E-state index in [1.165, 1.54) is 18.2 Å². The van der Waals surface area contributed by atoms with E-state index in [1.807, 2.05) is 0 Å². The van der Waals surface area contributed by atoms with Crippen molar-refractivity contribution < 1.29 is 9.50 Å². The first-order valence-electron chi connectivity index (χ1n) is 2.66. The summed E-state index contributed by atoms with van der Waals surface area (Å²) in [6.07, 6.45) is 0. The van der Waals surface area contributed by atoms with Crippen LogP contribution in [0, 0.1) is 12.4 Å². The molecule has 0 aliphatic heterocycles. The van der Waals surface area contributed by atoms with Gasteiger partial charge in [-0.05, 0) is 33.6 Å². The summed E-state index contributed by atoms with van der Waals surface area (Å²) in [6, 6.07) is 4.27. The van der Waals surface area contributed by atoms with Crippen molar-refractivity contribution >= 4 is 15.9 Å². The predicted octanol–water partition coefficient (Wildman–Crippen LogP) is 2.47. The summed E-state index contributed by atoms with van der Waals surface area (Å²) in [7, 11) is 0. The van der Waals surface area contributed by atoms with Crippen LogP contribution in [0.1, 0.15) is 5.56 Å². The van der Waals surface area contributed by atoms with Gasteiger partial charge in [0.2, 0.25) is 0 Å². The largest absolute Gasteiger partial charge is 0.385 e. The third-order valence-corrected chi connectivity index (χ3v) is 1.70. The number of benzene rings is 1. The lowest BCUT2D eigenvalue weighted by Gasteiger charge is -1.96. The lowest BCUT2D eigenvalue weighted by Crippen LogP contribution is -1.82. The van der Waals surface area contributed by atoms with Crippen LogP contribution in [0.4, 0.5) is 4.39 Å². The first-order valence-corrected chi connectivity index (χ1v) is 3.46. The molecule has 1 nitrogen and oxygen atoms in total. The van der Waals surface area contributed by atoms with Crippen molar-refractivity contribution in [3.05, 3.63) is 40.7 Å². The van der Waals surface area contributed by atoms with Gasteiger partial charge in [-0.25, -0.2) is 4.39 Å². The van der Waals surface area contributed by atoms with Gasteiger partial charge in [-0.1, -0.05) is 6.07 Å². The Kier molecular flexibility index (Phi) is 2.40. The number of hydrogen-bond acceptors (Lipinski definition) is 1. The second kappa shape index (κ2) is 3.12. The van der Waals surface area contributed by atoms with Crippen LogP contribution in [0.3, 0.4) is 0 Å². The summed E-state index contributed by atoms with van der Waals surface area (Å²) in [5.41, 5.74) is 0.577. The molecule has 3 heteroatoms. The molecule has 0 aromatic heterocycles. The highest BCUT2D eigenvalue weighted by Crippen LogP contribution is 2.16. The molecule has 0 saturated carbocycles. The Morgan fingerprint density at radius 2 is 2.20 bits per heavy atom. The minimum absolute atomic E-state index is 0.328. The molecule has 0 saturated heterocycles. The van der Waals surface area contributed by atoms with Crippen molar-refractivity contribution in [3.63, 3.8) is 0 Å². The summed E-state index contributed by atoms with van der Waals surface area (Å²) < 4.78 is 12.8. The van der Waals surface area contributed by atoms with Gasteiger partial charge in [0.05, 0.1) is 4.47 Å². The average molecular weight is 204 g/mol. The lowest BCUT2D eigenvalue weighted by molar-refractivity contribution is 0.414. The molecular formula is C7H5BrFO. The second-order valence-electron chi connectivity index (χ2n) is 1.80. The first kappa shape index (κ1) is 7.69. The molecule has 1 aromatic carbocycles. The minimum atomic E-state index is -0.328. The van der Waals surface area contributed by atoms with Crippen LogP contribution < -0.4 is 0 Å². The molecule has 1 radical (unpaired) electrons. The van der Waals surface area contributed by atoms with E-state index < -0.39 is 0 Å². The molecule has 0 amide bonds. The smallest absolute Gasteiger partial charge is 0.137 e. The van der Waals surface area contributed by atoms with Crippen LogP contribution in [0.2, 0.25) is 0 Å². The van der Waals surface area contributed by atoms with Crippen molar-refractivity contribution in [2.24, 2.45) is 0 Å². The zero-order valence-electron chi connectivity index (χ0n) is 5.01. The number of aliphatic hydroxyl groups is 1. The van der Waals surface area contributed by atoms with Gasteiger partial charge in [0.15, 0.2) is 0 Å². The van der Waals surface area contributed by atoms with Crippen molar-refractivity contribution in [2.75, 3.05) is 0 Å². The highest BCUT2D eigenvalue weighted by atomic mass is 79.9. The Balaban J connectivity index is 3.04. The monoisotopic (exact) mass is 203 g/mol. The van der Waals surface area contributed by atoms with E-state index >= 15 is 0 Å². The van der Waals surface area contributed by atoms with Gasteiger partial charge in [0.1, 0.15) is 12.4 Å². The maximum atomic E-state index is 12.5. The van der Waals surface area contributed by atoms with E-state index in [9.17, 15) is 4.39 Å². The molecule has 0 bridgehead atoms. The lowest BCUT2D eigenvalue weighted by atomic mass is 10.2. The topological polar surface area (TPSA) is 20.2 Å². The molecule has 0 atom stereocenters. The fraction of sp³-hybridized carbons (Fsp3) is 0. The van der Waals surface area contributed by atoms with Gasteiger partial charge in [0.25, 0.3) is 0 Å². The molecule has 0 heterocycles. The molecule has 10 heavy (non-hydrogen) atoms. The van der Waals surface area contributed by atoms with Gasteiger partial charge >= 0.3 is 0 Å². The van der Waals surface area contributed by atoms with Crippen molar-refractivity contribution in [3.8, 4) is 0 Å². The predicted molar refractivity (Wildman–Crippen MR) is 39.4 cm³/mol. The molecule has 0 spiro atoms. The zero-order valence-corrected chi connectivity index (χ0v) is 6.60. The van der Waals surface area contributed by atoms with E-state index in [-0.39, 0.29) is 5.82 Å². The summed E-state index contributed by atoms with van der Waals surface area (Å²) in [5, 5.41) is 8.48. The van der Waals surface area contributed by atoms with Gasteiger partial charge in [-0.15, -0.1) is 0 Å². The van der Waals surface area contributed by atoms with Gasteiger partial charge < -0.3 is 5.11 Å². The van der Waals surface area contributed by atoms with E-state index in [0.29, 0.717) is 10.0 Å². The molecule has 0 aliphatic rings. The van der Waals surface area contributed by atoms with Gasteiger partial charge in [-0.2, -0.15) is 0 Å².